The third-order valence-electron chi connectivity index (χ3n) is 3.75. The Bertz CT molecular complexity index is 640. The van der Waals surface area contributed by atoms with Gasteiger partial charge in [0, 0.05) is 25.6 Å². The second kappa shape index (κ2) is 6.78. The zero-order valence-electron chi connectivity index (χ0n) is 12.0. The van der Waals surface area contributed by atoms with Crippen molar-refractivity contribution in [3.63, 3.8) is 0 Å². The Labute approximate surface area is 140 Å². The summed E-state index contributed by atoms with van der Waals surface area (Å²) in [7, 11) is 0. The van der Waals surface area contributed by atoms with E-state index in [0.717, 1.165) is 25.4 Å². The van der Waals surface area contributed by atoms with Crippen LogP contribution in [0.5, 0.6) is 11.5 Å². The summed E-state index contributed by atoms with van der Waals surface area (Å²) >= 11 is 11.9. The van der Waals surface area contributed by atoms with Crippen molar-refractivity contribution in [2.24, 2.45) is 5.92 Å². The molecule has 2 aromatic carbocycles. The predicted molar refractivity (Wildman–Crippen MR) is 88.8 cm³/mol. The van der Waals surface area contributed by atoms with Crippen molar-refractivity contribution >= 4 is 23.2 Å². The Morgan fingerprint density at radius 2 is 1.77 bits per heavy atom. The Kier molecular flexibility index (Phi) is 4.77. The van der Waals surface area contributed by atoms with Gasteiger partial charge >= 0.3 is 0 Å². The van der Waals surface area contributed by atoms with Crippen LogP contribution in [0.1, 0.15) is 5.56 Å². The number of ether oxygens (including phenoxy) is 1. The number of aromatic hydroxyl groups is 1. The molecule has 1 fully saturated rings. The van der Waals surface area contributed by atoms with Gasteiger partial charge in [0.05, 0.1) is 16.7 Å². The average Bonchev–Trinajstić information content (AvgIpc) is 2.47. The summed E-state index contributed by atoms with van der Waals surface area (Å²) in [4.78, 5) is 2.35. The van der Waals surface area contributed by atoms with E-state index in [1.807, 2.05) is 18.2 Å². The van der Waals surface area contributed by atoms with Gasteiger partial charge in [0.2, 0.25) is 0 Å². The molecule has 2 aromatic rings. The van der Waals surface area contributed by atoms with Gasteiger partial charge in [0.1, 0.15) is 11.5 Å². The lowest BCUT2D eigenvalue weighted by molar-refractivity contribution is 0.0557. The number of hydrogen-bond acceptors (Lipinski definition) is 3. The average molecular weight is 338 g/mol. The summed E-state index contributed by atoms with van der Waals surface area (Å²) < 4.78 is 5.72. The summed E-state index contributed by atoms with van der Waals surface area (Å²) in [6.07, 6.45) is 0. The van der Waals surface area contributed by atoms with Gasteiger partial charge in [-0.05, 0) is 42.0 Å². The summed E-state index contributed by atoms with van der Waals surface area (Å²) in [5, 5.41) is 10.4. The second-order valence-corrected chi connectivity index (χ2v) is 6.43. The van der Waals surface area contributed by atoms with Crippen LogP contribution < -0.4 is 4.74 Å². The van der Waals surface area contributed by atoms with Gasteiger partial charge in [-0.1, -0.05) is 29.3 Å². The first-order chi connectivity index (χ1) is 10.6. The van der Waals surface area contributed by atoms with Gasteiger partial charge in [-0.15, -0.1) is 0 Å². The molecule has 1 aliphatic rings. The van der Waals surface area contributed by atoms with Gasteiger partial charge < -0.3 is 9.84 Å². The molecule has 0 spiro atoms. The number of phenolic OH excluding ortho intramolecular Hbond substituents is 1. The van der Waals surface area contributed by atoms with Gasteiger partial charge in [0.25, 0.3) is 0 Å². The molecule has 116 valence electrons. The van der Waals surface area contributed by atoms with E-state index in [2.05, 4.69) is 4.90 Å². The third kappa shape index (κ3) is 3.86. The number of rotatable bonds is 5. The number of nitrogens with zero attached hydrogens (tertiary/aromatic N) is 1. The fraction of sp³-hybridized carbons (Fsp3) is 0.294. The Hall–Kier alpha value is -1.42. The molecule has 0 atom stereocenters. The van der Waals surface area contributed by atoms with Crippen LogP contribution >= 0.6 is 23.2 Å². The molecule has 0 unspecified atom stereocenters. The number of likely N-dealkylation sites (tertiary alicyclic amines) is 1. The minimum Gasteiger partial charge on any atom is -0.508 e. The van der Waals surface area contributed by atoms with Gasteiger partial charge in [-0.25, -0.2) is 0 Å². The third-order valence-corrected chi connectivity index (χ3v) is 4.48. The zero-order valence-corrected chi connectivity index (χ0v) is 13.5. The van der Waals surface area contributed by atoms with Crippen LogP contribution in [-0.4, -0.2) is 29.7 Å². The van der Waals surface area contributed by atoms with Crippen LogP contribution in [-0.2, 0) is 6.54 Å². The summed E-state index contributed by atoms with van der Waals surface area (Å²) in [6, 6.07) is 12.6. The Morgan fingerprint density at radius 1 is 1.05 bits per heavy atom. The van der Waals surface area contributed by atoms with E-state index < -0.39 is 0 Å². The molecule has 22 heavy (non-hydrogen) atoms. The SMILES string of the molecule is Oc1ccc(OCC2CN(Cc3ccc(Cl)c(Cl)c3)C2)cc1. The smallest absolute Gasteiger partial charge is 0.119 e. The van der Waals surface area contributed by atoms with Crippen molar-refractivity contribution in [2.45, 2.75) is 6.54 Å². The zero-order chi connectivity index (χ0) is 15.5. The van der Waals surface area contributed by atoms with Gasteiger partial charge in [-0.3, -0.25) is 4.90 Å². The van der Waals surface area contributed by atoms with E-state index in [9.17, 15) is 5.11 Å². The minimum absolute atomic E-state index is 0.254. The number of benzene rings is 2. The molecule has 0 saturated carbocycles. The maximum atomic E-state index is 9.22. The molecular weight excluding hydrogens is 321 g/mol. The fourth-order valence-corrected chi connectivity index (χ4v) is 2.88. The molecule has 1 saturated heterocycles. The summed E-state index contributed by atoms with van der Waals surface area (Å²) in [6.45, 7) is 3.60. The highest BCUT2D eigenvalue weighted by molar-refractivity contribution is 6.42. The number of phenols is 1. The largest absolute Gasteiger partial charge is 0.508 e. The molecule has 3 nitrogen and oxygen atoms in total. The topological polar surface area (TPSA) is 32.7 Å². The normalized spacial score (nSPS) is 15.5. The first-order valence-electron chi connectivity index (χ1n) is 7.18. The van der Waals surface area contributed by atoms with Crippen LogP contribution in [0.25, 0.3) is 0 Å². The van der Waals surface area contributed by atoms with Crippen molar-refractivity contribution in [2.75, 3.05) is 19.7 Å². The minimum atomic E-state index is 0.254. The molecular formula is C17H17Cl2NO2. The number of hydrogen-bond donors (Lipinski definition) is 1. The van der Waals surface area contributed by atoms with Gasteiger partial charge in [-0.2, -0.15) is 0 Å². The van der Waals surface area contributed by atoms with Crippen LogP contribution in [0.15, 0.2) is 42.5 Å². The van der Waals surface area contributed by atoms with Crippen LogP contribution in [0.4, 0.5) is 0 Å². The van der Waals surface area contributed by atoms with E-state index in [1.54, 1.807) is 24.3 Å². The van der Waals surface area contributed by atoms with E-state index in [4.69, 9.17) is 27.9 Å². The maximum Gasteiger partial charge on any atom is 0.119 e. The summed E-state index contributed by atoms with van der Waals surface area (Å²) in [5.41, 5.74) is 1.17. The standard InChI is InChI=1S/C17H17Cl2NO2/c18-16-6-1-12(7-17(16)19)8-20-9-13(10-20)11-22-15-4-2-14(21)3-5-15/h1-7,13,21H,8-11H2. The lowest BCUT2D eigenvalue weighted by Gasteiger charge is -2.39. The molecule has 3 rings (SSSR count). The number of halogens is 2. The van der Waals surface area contributed by atoms with Crippen molar-refractivity contribution < 1.29 is 9.84 Å². The van der Waals surface area contributed by atoms with Crippen LogP contribution in [0.2, 0.25) is 10.0 Å². The van der Waals surface area contributed by atoms with Crippen molar-refractivity contribution in [1.82, 2.24) is 4.90 Å². The fourth-order valence-electron chi connectivity index (χ4n) is 2.56. The van der Waals surface area contributed by atoms with Gasteiger partial charge in [0.15, 0.2) is 0 Å². The second-order valence-electron chi connectivity index (χ2n) is 5.61. The van der Waals surface area contributed by atoms with E-state index in [0.29, 0.717) is 22.6 Å². The molecule has 1 N–H and O–H groups in total. The quantitative estimate of drug-likeness (QED) is 0.886. The maximum absolute atomic E-state index is 9.22. The monoisotopic (exact) mass is 337 g/mol. The molecule has 0 aliphatic carbocycles. The molecule has 0 aromatic heterocycles. The first kappa shape index (κ1) is 15.5. The molecule has 1 heterocycles. The van der Waals surface area contributed by atoms with E-state index in [1.165, 1.54) is 5.56 Å². The lowest BCUT2D eigenvalue weighted by atomic mass is 10.0. The highest BCUT2D eigenvalue weighted by Crippen LogP contribution is 2.26. The summed E-state index contributed by atoms with van der Waals surface area (Å²) in [5.74, 6) is 1.58. The van der Waals surface area contributed by atoms with E-state index >= 15 is 0 Å². The molecule has 5 heteroatoms. The first-order valence-corrected chi connectivity index (χ1v) is 7.94. The van der Waals surface area contributed by atoms with Crippen molar-refractivity contribution in [3.05, 3.63) is 58.1 Å². The van der Waals surface area contributed by atoms with Crippen molar-refractivity contribution in [1.29, 1.82) is 0 Å². The molecule has 0 bridgehead atoms. The molecule has 1 aliphatic heterocycles. The predicted octanol–water partition coefficient (Wildman–Crippen LogP) is 4.21. The molecule has 0 radical (unpaired) electrons. The highest BCUT2D eigenvalue weighted by atomic mass is 35.5. The van der Waals surface area contributed by atoms with E-state index in [-0.39, 0.29) is 5.75 Å². The highest BCUT2D eigenvalue weighted by Gasteiger charge is 2.27. The molecule has 0 amide bonds. The van der Waals surface area contributed by atoms with Crippen molar-refractivity contribution in [3.8, 4) is 11.5 Å². The Morgan fingerprint density at radius 3 is 2.45 bits per heavy atom. The Balaban J connectivity index is 1.42. The van der Waals surface area contributed by atoms with Crippen LogP contribution in [0.3, 0.4) is 0 Å². The lowest BCUT2D eigenvalue weighted by Crippen LogP contribution is -2.48. The van der Waals surface area contributed by atoms with Crippen LogP contribution in [0, 0.1) is 5.92 Å².